The van der Waals surface area contributed by atoms with E-state index < -0.39 is 23.8 Å². The molecule has 1 aliphatic heterocycles. The number of nitrogens with one attached hydrogen (secondary N) is 1. The Hall–Kier alpha value is -2.88. The van der Waals surface area contributed by atoms with Gasteiger partial charge in [-0.15, -0.1) is 0 Å². The Labute approximate surface area is 193 Å². The van der Waals surface area contributed by atoms with Gasteiger partial charge in [0.1, 0.15) is 24.2 Å². The van der Waals surface area contributed by atoms with Crippen molar-refractivity contribution in [2.75, 3.05) is 13.2 Å². The molecule has 1 aromatic rings. The molecule has 5 N–H and O–H groups in total. The maximum absolute atomic E-state index is 15.6. The number of halogens is 1. The molecule has 3 rings (SSSR count). The van der Waals surface area contributed by atoms with Crippen molar-refractivity contribution < 1.29 is 23.5 Å². The fourth-order valence-corrected chi connectivity index (χ4v) is 4.94. The molecule has 9 nitrogen and oxygen atoms in total. The number of amidine groups is 1. The molecule has 1 heterocycles. The fraction of sp³-hybridized carbons (Fsp3) is 0.609. The average molecular weight is 464 g/mol. The number of hydrazine groups is 1. The minimum Gasteiger partial charge on any atom is -0.464 e. The number of likely N-dealkylation sites (tertiary alicyclic amines) is 1. The van der Waals surface area contributed by atoms with Crippen LogP contribution in [0.1, 0.15) is 51.0 Å². The normalized spacial score (nSPS) is 27.4. The molecule has 0 radical (unpaired) electrons. The van der Waals surface area contributed by atoms with Gasteiger partial charge in [-0.05, 0) is 56.4 Å². The van der Waals surface area contributed by atoms with Crippen LogP contribution in [0.5, 0.6) is 0 Å². The highest BCUT2D eigenvalue weighted by Crippen LogP contribution is 2.46. The van der Waals surface area contributed by atoms with Gasteiger partial charge in [-0.2, -0.15) is 5.10 Å². The summed E-state index contributed by atoms with van der Waals surface area (Å²) in [5.41, 5.74) is 1.84. The van der Waals surface area contributed by atoms with Gasteiger partial charge in [0.15, 0.2) is 0 Å². The molecular weight excluding hydrogens is 429 g/mol. The van der Waals surface area contributed by atoms with E-state index in [4.69, 9.17) is 21.2 Å². The number of hydrogen-bond donors (Lipinski definition) is 3. The van der Waals surface area contributed by atoms with Gasteiger partial charge < -0.3 is 20.7 Å². The first-order valence-corrected chi connectivity index (χ1v) is 11.5. The maximum Gasteiger partial charge on any atom is 0.410 e. The Morgan fingerprint density at radius 1 is 1.27 bits per heavy atom. The summed E-state index contributed by atoms with van der Waals surface area (Å²) in [6.07, 6.45) is 1.64. The molecule has 182 valence electrons. The van der Waals surface area contributed by atoms with Gasteiger partial charge in [0.05, 0.1) is 6.61 Å². The van der Waals surface area contributed by atoms with Crippen molar-refractivity contribution in [3.8, 4) is 0 Å². The van der Waals surface area contributed by atoms with Crippen molar-refractivity contribution in [2.24, 2.45) is 28.6 Å². The molecule has 4 atom stereocenters. The molecule has 10 heteroatoms. The molecular formula is C23H34FN5O4. The summed E-state index contributed by atoms with van der Waals surface area (Å²) in [4.78, 5) is 27.1. The van der Waals surface area contributed by atoms with Gasteiger partial charge in [0.25, 0.3) is 0 Å². The van der Waals surface area contributed by atoms with E-state index >= 15 is 4.39 Å². The predicted octanol–water partition coefficient (Wildman–Crippen LogP) is 2.60. The highest BCUT2D eigenvalue weighted by molar-refractivity contribution is 5.82. The van der Waals surface area contributed by atoms with Crippen LogP contribution >= 0.6 is 0 Å². The summed E-state index contributed by atoms with van der Waals surface area (Å²) in [5.74, 6) is 10.5. The molecule has 1 amide bonds. The molecule has 33 heavy (non-hydrogen) atoms. The summed E-state index contributed by atoms with van der Waals surface area (Å²) in [7, 11) is 0. The first-order chi connectivity index (χ1) is 15.9. The highest BCUT2D eigenvalue weighted by atomic mass is 19.1. The van der Waals surface area contributed by atoms with E-state index in [0.29, 0.717) is 44.5 Å². The number of carbonyl (C=O) groups is 2. The van der Waals surface area contributed by atoms with Gasteiger partial charge in [-0.25, -0.2) is 19.8 Å². The summed E-state index contributed by atoms with van der Waals surface area (Å²) < 4.78 is 26.4. The maximum atomic E-state index is 15.6. The van der Waals surface area contributed by atoms with E-state index in [1.54, 1.807) is 6.92 Å². The number of nitrogens with zero attached hydrogens (tertiary/aromatic N) is 2. The van der Waals surface area contributed by atoms with Crippen molar-refractivity contribution in [2.45, 2.75) is 63.8 Å². The smallest absolute Gasteiger partial charge is 0.410 e. The van der Waals surface area contributed by atoms with Crippen molar-refractivity contribution in [3.05, 3.63) is 35.9 Å². The Bertz CT molecular complexity index is 839. The van der Waals surface area contributed by atoms with Crippen LogP contribution in [-0.4, -0.2) is 47.7 Å². The third-order valence-corrected chi connectivity index (χ3v) is 6.72. The number of fused-ring (bicyclic) bond motifs is 1. The topological polar surface area (TPSA) is 132 Å². The monoisotopic (exact) mass is 463 g/mol. The number of carbonyl (C=O) groups excluding carboxylic acids is 2. The Balaban J connectivity index is 1.67. The molecule has 1 saturated carbocycles. The second kappa shape index (κ2) is 11.3. The number of nitrogens with two attached hydrogens (primary N) is 2. The lowest BCUT2D eigenvalue weighted by molar-refractivity contribution is -0.153. The molecule has 0 aromatic heterocycles. The molecule has 1 aromatic carbocycles. The van der Waals surface area contributed by atoms with Crippen molar-refractivity contribution in [1.82, 2.24) is 10.3 Å². The number of esters is 1. The number of alkyl halides is 1. The summed E-state index contributed by atoms with van der Waals surface area (Å²) in [6, 6.07) is 8.57. The summed E-state index contributed by atoms with van der Waals surface area (Å²) in [6.45, 7) is 2.39. The number of amides is 1. The van der Waals surface area contributed by atoms with E-state index in [9.17, 15) is 9.59 Å². The van der Waals surface area contributed by atoms with Gasteiger partial charge >= 0.3 is 12.1 Å². The fourth-order valence-electron chi connectivity index (χ4n) is 4.94. The molecule has 1 aliphatic carbocycles. The number of benzene rings is 1. The standard InChI is InChI=1S/C23H34FN5O4/c1-2-32-21(30)19-12-18-13-23(24,11-9-20(27-25)28-26)10-8-17(18)14-29(19)22(31)33-15-16-6-4-3-5-7-16/h3-7,17-19H,2,8-15,25-26H2,1H3,(H,27,28). The second-order valence-corrected chi connectivity index (χ2v) is 8.83. The van der Waals surface area contributed by atoms with Crippen molar-refractivity contribution in [1.29, 1.82) is 0 Å². The van der Waals surface area contributed by atoms with E-state index in [1.165, 1.54) is 4.90 Å². The molecule has 4 unspecified atom stereocenters. The van der Waals surface area contributed by atoms with Gasteiger partial charge in [0, 0.05) is 13.0 Å². The minimum atomic E-state index is -1.40. The van der Waals surface area contributed by atoms with Crippen LogP contribution in [0.25, 0.3) is 0 Å². The Morgan fingerprint density at radius 2 is 2.03 bits per heavy atom. The predicted molar refractivity (Wildman–Crippen MR) is 121 cm³/mol. The number of ether oxygens (including phenoxy) is 2. The third-order valence-electron chi connectivity index (χ3n) is 6.72. The SMILES string of the molecule is CCOC(=O)C1CC2CC(F)(CC/C(=N/N)NN)CCC2CN1C(=O)OCc1ccccc1. The minimum absolute atomic E-state index is 0.0413. The first kappa shape index (κ1) is 24.8. The largest absolute Gasteiger partial charge is 0.464 e. The molecule has 1 saturated heterocycles. The van der Waals surface area contributed by atoms with E-state index in [0.717, 1.165) is 5.56 Å². The van der Waals surface area contributed by atoms with Crippen LogP contribution in [0.2, 0.25) is 0 Å². The van der Waals surface area contributed by atoms with Crippen LogP contribution in [0.4, 0.5) is 9.18 Å². The quantitative estimate of drug-likeness (QED) is 0.186. The van der Waals surface area contributed by atoms with Gasteiger partial charge in [-0.3, -0.25) is 4.90 Å². The van der Waals surface area contributed by atoms with Crippen LogP contribution in [0.15, 0.2) is 35.4 Å². The second-order valence-electron chi connectivity index (χ2n) is 8.83. The van der Waals surface area contributed by atoms with Crippen LogP contribution in [-0.2, 0) is 20.9 Å². The summed E-state index contributed by atoms with van der Waals surface area (Å²) in [5, 5.41) is 3.52. The van der Waals surface area contributed by atoms with Gasteiger partial charge in [-0.1, -0.05) is 30.3 Å². The molecule has 2 aliphatic rings. The highest BCUT2D eigenvalue weighted by Gasteiger charge is 2.48. The average Bonchev–Trinajstić information content (AvgIpc) is 2.83. The van der Waals surface area contributed by atoms with E-state index in [2.05, 4.69) is 10.5 Å². The number of piperidine rings is 1. The van der Waals surface area contributed by atoms with Crippen molar-refractivity contribution in [3.63, 3.8) is 0 Å². The van der Waals surface area contributed by atoms with Crippen molar-refractivity contribution >= 4 is 17.9 Å². The van der Waals surface area contributed by atoms with Crippen LogP contribution in [0.3, 0.4) is 0 Å². The lowest BCUT2D eigenvalue weighted by Gasteiger charge is -2.47. The number of hydrazone groups is 1. The molecule has 0 bridgehead atoms. The van der Waals surface area contributed by atoms with Crippen LogP contribution < -0.4 is 17.1 Å². The Kier molecular flexibility index (Phi) is 8.49. The first-order valence-electron chi connectivity index (χ1n) is 11.5. The molecule has 0 spiro atoms. The van der Waals surface area contributed by atoms with Crippen LogP contribution in [0, 0.1) is 11.8 Å². The zero-order valence-electron chi connectivity index (χ0n) is 19.0. The zero-order chi connectivity index (χ0) is 23.8. The molecule has 2 fully saturated rings. The summed E-state index contributed by atoms with van der Waals surface area (Å²) >= 11 is 0. The van der Waals surface area contributed by atoms with E-state index in [1.807, 2.05) is 30.3 Å². The van der Waals surface area contributed by atoms with E-state index in [-0.39, 0.29) is 31.5 Å². The lowest BCUT2D eigenvalue weighted by atomic mass is 9.67. The lowest BCUT2D eigenvalue weighted by Crippen LogP contribution is -2.56. The number of rotatable bonds is 7. The number of hydrogen-bond acceptors (Lipinski definition) is 7. The third kappa shape index (κ3) is 6.34. The zero-order valence-corrected chi connectivity index (χ0v) is 19.0. The van der Waals surface area contributed by atoms with Gasteiger partial charge in [0.2, 0.25) is 0 Å². The Morgan fingerprint density at radius 3 is 2.70 bits per heavy atom.